The molecule has 5 rings (SSSR count). The Hall–Kier alpha value is -4.30. The number of furan rings is 1. The van der Waals surface area contributed by atoms with Gasteiger partial charge in [0.25, 0.3) is 0 Å². The van der Waals surface area contributed by atoms with Crippen LogP contribution in [0, 0.1) is 0 Å². The number of carbonyl (C=O) groups is 1. The molecule has 0 aliphatic rings. The lowest BCUT2D eigenvalue weighted by Gasteiger charge is -2.15. The molecule has 0 unspecified atom stereocenters. The van der Waals surface area contributed by atoms with Crippen LogP contribution in [0.5, 0.6) is 17.2 Å². The predicted molar refractivity (Wildman–Crippen MR) is 156 cm³/mol. The van der Waals surface area contributed by atoms with E-state index in [1.54, 1.807) is 18.2 Å². The van der Waals surface area contributed by atoms with Crippen molar-refractivity contribution in [1.29, 1.82) is 0 Å². The Balaban J connectivity index is 1.29. The minimum atomic E-state index is -0.459. The van der Waals surface area contributed by atoms with Gasteiger partial charge < -0.3 is 18.6 Å². The van der Waals surface area contributed by atoms with Crippen LogP contribution in [0.3, 0.4) is 0 Å². The smallest absolute Gasteiger partial charge is 0.307 e. The summed E-state index contributed by atoms with van der Waals surface area (Å²) in [4.78, 5) is 12.6. The van der Waals surface area contributed by atoms with E-state index in [4.69, 9.17) is 18.6 Å². The zero-order valence-corrected chi connectivity index (χ0v) is 23.2. The van der Waals surface area contributed by atoms with Gasteiger partial charge in [-0.15, -0.1) is 0 Å². The van der Waals surface area contributed by atoms with Gasteiger partial charge in [0.15, 0.2) is 17.3 Å². The van der Waals surface area contributed by atoms with Gasteiger partial charge >= 0.3 is 5.91 Å². The predicted octanol–water partition coefficient (Wildman–Crippen LogP) is 7.49. The number of rotatable bonds is 10. The average Bonchev–Trinajstić information content (AvgIpc) is 3.37. The zero-order valence-electron chi connectivity index (χ0n) is 21.6. The van der Waals surface area contributed by atoms with Crippen LogP contribution in [0.4, 0.5) is 0 Å². The van der Waals surface area contributed by atoms with Crippen LogP contribution >= 0.6 is 15.9 Å². The molecule has 0 saturated carbocycles. The first-order valence-electron chi connectivity index (χ1n) is 12.6. The molecule has 7 nitrogen and oxygen atoms in total. The Morgan fingerprint density at radius 1 is 0.923 bits per heavy atom. The van der Waals surface area contributed by atoms with Gasteiger partial charge in [0, 0.05) is 5.39 Å². The fraction of sp³-hybridized carbons (Fsp3) is 0.161. The summed E-state index contributed by atoms with van der Waals surface area (Å²) >= 11 is 3.61. The molecule has 0 atom stereocenters. The van der Waals surface area contributed by atoms with Crippen molar-refractivity contribution >= 4 is 49.8 Å². The summed E-state index contributed by atoms with van der Waals surface area (Å²) in [5, 5.41) is 7.19. The van der Waals surface area contributed by atoms with E-state index in [-0.39, 0.29) is 5.76 Å². The van der Waals surface area contributed by atoms with Crippen LogP contribution < -0.4 is 19.6 Å². The molecule has 0 bridgehead atoms. The molecule has 5 aromatic rings. The summed E-state index contributed by atoms with van der Waals surface area (Å²) in [7, 11) is 0. The van der Waals surface area contributed by atoms with Crippen LogP contribution in [0.15, 0.2) is 92.9 Å². The van der Waals surface area contributed by atoms with E-state index in [0.717, 1.165) is 27.5 Å². The number of carbonyl (C=O) groups excluding carboxylic acids is 1. The molecule has 8 heteroatoms. The van der Waals surface area contributed by atoms with Crippen LogP contribution in [0.25, 0.3) is 21.7 Å². The van der Waals surface area contributed by atoms with Crippen molar-refractivity contribution in [2.24, 2.45) is 5.10 Å². The maximum Gasteiger partial charge on any atom is 0.307 e. The maximum atomic E-state index is 12.6. The summed E-state index contributed by atoms with van der Waals surface area (Å²) in [6.07, 6.45) is 1.54. The standard InChI is InChI=1S/C31H27BrN2O5/c1-3-36-24-12-13-27-23(16-24)17-29(39-27)31(35)34-33-18-20-14-26(32)30(28(15-20)37-4-2)38-19-22-10-7-9-21-8-5-6-11-25(21)22/h5-18H,3-4,19H2,1-2H3,(H,34,35)/b33-18+. The van der Waals surface area contributed by atoms with Gasteiger partial charge in [0.2, 0.25) is 0 Å². The van der Waals surface area contributed by atoms with Gasteiger partial charge in [-0.05, 0) is 88.1 Å². The molecule has 1 aromatic heterocycles. The van der Waals surface area contributed by atoms with Crippen molar-refractivity contribution in [2.45, 2.75) is 20.5 Å². The van der Waals surface area contributed by atoms with Gasteiger partial charge in [-0.1, -0.05) is 42.5 Å². The Bertz CT molecular complexity index is 1660. The molecule has 0 saturated heterocycles. The first-order chi connectivity index (χ1) is 19.1. The molecule has 0 aliphatic carbocycles. The Labute approximate surface area is 234 Å². The van der Waals surface area contributed by atoms with Crippen molar-refractivity contribution in [1.82, 2.24) is 5.43 Å². The van der Waals surface area contributed by atoms with Crippen molar-refractivity contribution in [3.63, 3.8) is 0 Å². The highest BCUT2D eigenvalue weighted by Gasteiger charge is 2.14. The minimum absolute atomic E-state index is 0.157. The van der Waals surface area contributed by atoms with E-state index in [0.29, 0.717) is 46.9 Å². The summed E-state index contributed by atoms with van der Waals surface area (Å²) < 4.78 is 24.0. The van der Waals surface area contributed by atoms with E-state index in [2.05, 4.69) is 50.7 Å². The van der Waals surface area contributed by atoms with Crippen molar-refractivity contribution in [3.8, 4) is 17.2 Å². The van der Waals surface area contributed by atoms with Crippen LogP contribution in [-0.4, -0.2) is 25.3 Å². The highest BCUT2D eigenvalue weighted by molar-refractivity contribution is 9.10. The van der Waals surface area contributed by atoms with E-state index < -0.39 is 5.91 Å². The lowest BCUT2D eigenvalue weighted by Crippen LogP contribution is -2.16. The Morgan fingerprint density at radius 2 is 1.74 bits per heavy atom. The van der Waals surface area contributed by atoms with Crippen LogP contribution in [0.2, 0.25) is 0 Å². The number of amides is 1. The Kier molecular flexibility index (Phi) is 8.13. The molecule has 1 heterocycles. The zero-order chi connectivity index (χ0) is 27.2. The molecule has 0 radical (unpaired) electrons. The second-order valence-electron chi connectivity index (χ2n) is 8.63. The third kappa shape index (κ3) is 6.07. The third-order valence-electron chi connectivity index (χ3n) is 5.99. The second-order valence-corrected chi connectivity index (χ2v) is 9.49. The van der Waals surface area contributed by atoms with Gasteiger partial charge in [0.05, 0.1) is 23.9 Å². The van der Waals surface area contributed by atoms with Gasteiger partial charge in [-0.2, -0.15) is 5.10 Å². The van der Waals surface area contributed by atoms with E-state index in [1.807, 2.05) is 50.2 Å². The van der Waals surface area contributed by atoms with Crippen molar-refractivity contribution < 1.29 is 23.4 Å². The maximum absolute atomic E-state index is 12.6. The average molecular weight is 587 g/mol. The first kappa shape index (κ1) is 26.3. The lowest BCUT2D eigenvalue weighted by molar-refractivity contribution is 0.0929. The van der Waals surface area contributed by atoms with Gasteiger partial charge in [0.1, 0.15) is 17.9 Å². The number of nitrogens with one attached hydrogen (secondary N) is 1. The largest absolute Gasteiger partial charge is 0.494 e. The second kappa shape index (κ2) is 12.0. The monoisotopic (exact) mass is 586 g/mol. The number of ether oxygens (including phenoxy) is 3. The fourth-order valence-corrected chi connectivity index (χ4v) is 4.82. The molecule has 39 heavy (non-hydrogen) atoms. The number of hydrogen-bond acceptors (Lipinski definition) is 6. The molecule has 1 amide bonds. The molecule has 0 spiro atoms. The molecular formula is C31H27BrN2O5. The number of benzene rings is 4. The summed E-state index contributed by atoms with van der Waals surface area (Å²) in [6, 6.07) is 25.1. The lowest BCUT2D eigenvalue weighted by atomic mass is 10.1. The first-order valence-corrected chi connectivity index (χ1v) is 13.4. The van der Waals surface area contributed by atoms with Gasteiger partial charge in [-0.25, -0.2) is 5.43 Å². The van der Waals surface area contributed by atoms with E-state index >= 15 is 0 Å². The van der Waals surface area contributed by atoms with E-state index in [9.17, 15) is 4.79 Å². The fourth-order valence-electron chi connectivity index (χ4n) is 4.24. The van der Waals surface area contributed by atoms with Gasteiger partial charge in [-0.3, -0.25) is 4.79 Å². The number of nitrogens with zero attached hydrogens (tertiary/aromatic N) is 1. The molecule has 0 aliphatic heterocycles. The molecular weight excluding hydrogens is 560 g/mol. The minimum Gasteiger partial charge on any atom is -0.494 e. The number of hydrogen-bond donors (Lipinski definition) is 1. The summed E-state index contributed by atoms with van der Waals surface area (Å²) in [6.45, 7) is 5.23. The molecule has 4 aromatic carbocycles. The quantitative estimate of drug-likeness (QED) is 0.135. The Morgan fingerprint density at radius 3 is 2.59 bits per heavy atom. The van der Waals surface area contributed by atoms with Crippen LogP contribution in [0.1, 0.15) is 35.5 Å². The summed E-state index contributed by atoms with van der Waals surface area (Å²) in [5.74, 6) is 1.58. The molecule has 1 N–H and O–H groups in total. The third-order valence-corrected chi connectivity index (χ3v) is 6.57. The number of hydrazone groups is 1. The highest BCUT2D eigenvalue weighted by atomic mass is 79.9. The van der Waals surface area contributed by atoms with Crippen molar-refractivity contribution in [2.75, 3.05) is 13.2 Å². The summed E-state index contributed by atoms with van der Waals surface area (Å²) in [5.41, 5.74) is 4.91. The topological polar surface area (TPSA) is 82.3 Å². The number of fused-ring (bicyclic) bond motifs is 2. The SMILES string of the molecule is CCOc1ccc2oc(C(=O)N/N=C/c3cc(Br)c(OCc4cccc5ccccc45)c(OCC)c3)cc2c1. The number of halogens is 1. The normalized spacial score (nSPS) is 11.3. The molecule has 0 fully saturated rings. The molecule has 198 valence electrons. The van der Waals surface area contributed by atoms with Crippen LogP contribution in [-0.2, 0) is 6.61 Å². The van der Waals surface area contributed by atoms with Crippen molar-refractivity contribution in [3.05, 3.63) is 100 Å². The van der Waals surface area contributed by atoms with E-state index in [1.165, 1.54) is 6.21 Å². The highest BCUT2D eigenvalue weighted by Crippen LogP contribution is 2.37.